The molecule has 138 valence electrons. The Morgan fingerprint density at radius 3 is 2.42 bits per heavy atom. The maximum Gasteiger partial charge on any atom is 0.387 e. The summed E-state index contributed by atoms with van der Waals surface area (Å²) in [7, 11) is 0. The molecular formula is C17H14Br2F2N2O3. The Hall–Kier alpha value is -2.00. The minimum Gasteiger partial charge on any atom is -0.435 e. The normalized spacial score (nSPS) is 11.0. The van der Waals surface area contributed by atoms with E-state index in [1.54, 1.807) is 0 Å². The van der Waals surface area contributed by atoms with Crippen molar-refractivity contribution in [3.63, 3.8) is 0 Å². The molecular weight excluding hydrogens is 478 g/mol. The van der Waals surface area contributed by atoms with Gasteiger partial charge in [0.05, 0.1) is 11.9 Å². The van der Waals surface area contributed by atoms with Gasteiger partial charge in [-0.05, 0) is 86.3 Å². The highest BCUT2D eigenvalue weighted by molar-refractivity contribution is 9.11. The first-order valence-electron chi connectivity index (χ1n) is 7.31. The third-order valence-electron chi connectivity index (χ3n) is 3.03. The number of anilines is 1. The van der Waals surface area contributed by atoms with E-state index in [2.05, 4.69) is 47.1 Å². The molecule has 0 aliphatic heterocycles. The van der Waals surface area contributed by atoms with Gasteiger partial charge in [-0.15, -0.1) is 0 Å². The molecule has 26 heavy (non-hydrogen) atoms. The van der Waals surface area contributed by atoms with E-state index >= 15 is 0 Å². The average molecular weight is 492 g/mol. The minimum absolute atomic E-state index is 0.0479. The van der Waals surface area contributed by atoms with Crippen LogP contribution in [0.4, 0.5) is 14.5 Å². The SMILES string of the molecule is Cc1cc(Br)c(NC(=O)CO/N=C/c2ccc(OC(F)F)cc2)c(Br)c1. The summed E-state index contributed by atoms with van der Waals surface area (Å²) in [5.74, 6) is -0.334. The summed E-state index contributed by atoms with van der Waals surface area (Å²) in [4.78, 5) is 16.9. The van der Waals surface area contributed by atoms with Crippen LogP contribution in [-0.4, -0.2) is 25.3 Å². The Morgan fingerprint density at radius 1 is 1.23 bits per heavy atom. The number of hydrogen-bond donors (Lipinski definition) is 1. The number of halogens is 4. The highest BCUT2D eigenvalue weighted by Crippen LogP contribution is 2.32. The topological polar surface area (TPSA) is 59.9 Å². The lowest BCUT2D eigenvalue weighted by atomic mass is 10.2. The van der Waals surface area contributed by atoms with Crippen molar-refractivity contribution < 1.29 is 23.1 Å². The third-order valence-corrected chi connectivity index (χ3v) is 4.28. The monoisotopic (exact) mass is 490 g/mol. The first-order valence-corrected chi connectivity index (χ1v) is 8.89. The van der Waals surface area contributed by atoms with Crippen LogP contribution in [0.15, 0.2) is 50.5 Å². The van der Waals surface area contributed by atoms with Gasteiger partial charge in [-0.1, -0.05) is 5.16 Å². The summed E-state index contributed by atoms with van der Waals surface area (Å²) < 4.78 is 29.8. The van der Waals surface area contributed by atoms with Crippen LogP contribution in [0.5, 0.6) is 5.75 Å². The quantitative estimate of drug-likeness (QED) is 0.432. The van der Waals surface area contributed by atoms with E-state index in [4.69, 9.17) is 4.84 Å². The maximum absolute atomic E-state index is 12.1. The minimum atomic E-state index is -2.87. The zero-order valence-corrected chi connectivity index (χ0v) is 16.7. The molecule has 0 bridgehead atoms. The molecule has 0 saturated heterocycles. The second-order valence-corrected chi connectivity index (χ2v) is 6.82. The fourth-order valence-electron chi connectivity index (χ4n) is 1.92. The van der Waals surface area contributed by atoms with Crippen LogP contribution in [0.2, 0.25) is 0 Å². The van der Waals surface area contributed by atoms with Crippen LogP contribution in [-0.2, 0) is 9.63 Å². The van der Waals surface area contributed by atoms with E-state index in [1.807, 2.05) is 19.1 Å². The van der Waals surface area contributed by atoms with Crippen molar-refractivity contribution in [2.45, 2.75) is 13.5 Å². The lowest BCUT2D eigenvalue weighted by Crippen LogP contribution is -2.17. The number of alkyl halides is 2. The summed E-state index contributed by atoms with van der Waals surface area (Å²) >= 11 is 6.77. The number of amides is 1. The number of carbonyl (C=O) groups excluding carboxylic acids is 1. The average Bonchev–Trinajstić information content (AvgIpc) is 2.56. The Morgan fingerprint density at radius 2 is 1.85 bits per heavy atom. The summed E-state index contributed by atoms with van der Waals surface area (Å²) in [6.45, 7) is -1.22. The number of aryl methyl sites for hydroxylation is 1. The zero-order chi connectivity index (χ0) is 19.1. The highest BCUT2D eigenvalue weighted by Gasteiger charge is 2.10. The van der Waals surface area contributed by atoms with Crippen LogP contribution in [0.3, 0.4) is 0 Å². The second kappa shape index (κ2) is 9.63. The predicted molar refractivity (Wildman–Crippen MR) is 102 cm³/mol. The number of benzene rings is 2. The zero-order valence-electron chi connectivity index (χ0n) is 13.5. The smallest absolute Gasteiger partial charge is 0.387 e. The van der Waals surface area contributed by atoms with E-state index in [-0.39, 0.29) is 18.3 Å². The van der Waals surface area contributed by atoms with Gasteiger partial charge in [0, 0.05) is 8.95 Å². The third kappa shape index (κ3) is 6.38. The van der Waals surface area contributed by atoms with Crippen molar-refractivity contribution in [2.24, 2.45) is 5.16 Å². The van der Waals surface area contributed by atoms with Gasteiger partial charge in [0.1, 0.15) is 5.75 Å². The van der Waals surface area contributed by atoms with E-state index in [0.29, 0.717) is 11.3 Å². The van der Waals surface area contributed by atoms with Crippen molar-refractivity contribution in [1.82, 2.24) is 0 Å². The Labute approximate surface area is 165 Å². The van der Waals surface area contributed by atoms with Crippen LogP contribution < -0.4 is 10.1 Å². The van der Waals surface area contributed by atoms with E-state index in [0.717, 1.165) is 14.5 Å². The van der Waals surface area contributed by atoms with Gasteiger partial charge in [0.2, 0.25) is 0 Å². The molecule has 0 unspecified atom stereocenters. The first-order chi connectivity index (χ1) is 12.3. The van der Waals surface area contributed by atoms with Crippen LogP contribution in [0.1, 0.15) is 11.1 Å². The number of oxime groups is 1. The molecule has 2 aromatic rings. The molecule has 0 saturated carbocycles. The van der Waals surface area contributed by atoms with Crippen molar-refractivity contribution in [2.75, 3.05) is 11.9 Å². The predicted octanol–water partition coefficient (Wildman–Crippen LogP) is 5.11. The molecule has 2 rings (SSSR count). The van der Waals surface area contributed by atoms with Gasteiger partial charge < -0.3 is 14.9 Å². The Balaban J connectivity index is 1.84. The van der Waals surface area contributed by atoms with Crippen molar-refractivity contribution >= 4 is 49.7 Å². The van der Waals surface area contributed by atoms with E-state index < -0.39 is 6.61 Å². The van der Waals surface area contributed by atoms with Crippen molar-refractivity contribution in [1.29, 1.82) is 0 Å². The molecule has 0 spiro atoms. The van der Waals surface area contributed by atoms with Gasteiger partial charge in [-0.3, -0.25) is 4.79 Å². The van der Waals surface area contributed by atoms with E-state index in [1.165, 1.54) is 30.5 Å². The largest absolute Gasteiger partial charge is 0.435 e. The number of hydrogen-bond acceptors (Lipinski definition) is 4. The number of carbonyl (C=O) groups is 1. The highest BCUT2D eigenvalue weighted by atomic mass is 79.9. The first kappa shape index (κ1) is 20.3. The van der Waals surface area contributed by atoms with Crippen molar-refractivity contribution in [3.8, 4) is 5.75 Å². The van der Waals surface area contributed by atoms with E-state index in [9.17, 15) is 13.6 Å². The van der Waals surface area contributed by atoms with Crippen molar-refractivity contribution in [3.05, 3.63) is 56.5 Å². The lowest BCUT2D eigenvalue weighted by molar-refractivity contribution is -0.120. The van der Waals surface area contributed by atoms with Crippen LogP contribution >= 0.6 is 31.9 Å². The molecule has 1 N–H and O–H groups in total. The molecule has 0 aliphatic carbocycles. The molecule has 2 aromatic carbocycles. The molecule has 0 aliphatic rings. The second-order valence-electron chi connectivity index (χ2n) is 5.11. The van der Waals surface area contributed by atoms with Gasteiger partial charge in [-0.2, -0.15) is 8.78 Å². The fourth-order valence-corrected chi connectivity index (χ4v) is 3.54. The summed E-state index contributed by atoms with van der Waals surface area (Å²) in [6.07, 6.45) is 1.36. The summed E-state index contributed by atoms with van der Waals surface area (Å²) in [5, 5.41) is 6.39. The molecule has 0 aromatic heterocycles. The molecule has 1 amide bonds. The Kier molecular flexibility index (Phi) is 7.52. The van der Waals surface area contributed by atoms with Gasteiger partial charge in [0.25, 0.3) is 5.91 Å². The maximum atomic E-state index is 12.1. The lowest BCUT2D eigenvalue weighted by Gasteiger charge is -2.10. The van der Waals surface area contributed by atoms with Crippen LogP contribution in [0.25, 0.3) is 0 Å². The standard InChI is InChI=1S/C17H14Br2F2N2O3/c1-10-6-13(18)16(14(19)7-10)23-15(24)9-25-22-8-11-2-4-12(5-3-11)26-17(20)21/h2-8,17H,9H2,1H3,(H,23,24)/b22-8+. The molecule has 9 heteroatoms. The van der Waals surface area contributed by atoms with Crippen LogP contribution in [0, 0.1) is 6.92 Å². The van der Waals surface area contributed by atoms with Gasteiger partial charge in [-0.25, -0.2) is 0 Å². The molecule has 0 radical (unpaired) electrons. The molecule has 0 atom stereocenters. The molecule has 0 fully saturated rings. The number of rotatable bonds is 7. The molecule has 0 heterocycles. The molecule has 5 nitrogen and oxygen atoms in total. The summed E-state index contributed by atoms with van der Waals surface area (Å²) in [5.41, 5.74) is 2.24. The number of nitrogens with one attached hydrogen (secondary N) is 1. The number of ether oxygens (including phenoxy) is 1. The number of nitrogens with zero attached hydrogens (tertiary/aromatic N) is 1. The fraction of sp³-hybridized carbons (Fsp3) is 0.176. The summed E-state index contributed by atoms with van der Waals surface area (Å²) in [6, 6.07) is 9.58. The van der Waals surface area contributed by atoms with Gasteiger partial charge >= 0.3 is 6.61 Å². The van der Waals surface area contributed by atoms with Gasteiger partial charge in [0.15, 0.2) is 6.61 Å². The Bertz CT molecular complexity index is 776.